The van der Waals surface area contributed by atoms with Crippen molar-refractivity contribution in [1.82, 2.24) is 19.7 Å². The zero-order chi connectivity index (χ0) is 10.7. The molecule has 2 heterocycles. The van der Waals surface area contributed by atoms with E-state index in [0.717, 1.165) is 23.8 Å². The first kappa shape index (κ1) is 10.3. The van der Waals surface area contributed by atoms with Crippen LogP contribution in [0.15, 0.2) is 17.9 Å². The molecule has 0 aromatic carbocycles. The first-order chi connectivity index (χ1) is 7.29. The molecule has 0 radical (unpaired) electrons. The molecule has 1 atom stereocenters. The Kier molecular flexibility index (Phi) is 3.11. The second-order valence-electron chi connectivity index (χ2n) is 3.49. The molecule has 0 aliphatic carbocycles. The Morgan fingerprint density at radius 2 is 2.33 bits per heavy atom. The van der Waals surface area contributed by atoms with Gasteiger partial charge in [0.2, 0.25) is 0 Å². The van der Waals surface area contributed by atoms with Gasteiger partial charge in [0.15, 0.2) is 5.82 Å². The highest BCUT2D eigenvalue weighted by molar-refractivity contribution is 7.09. The van der Waals surface area contributed by atoms with Crippen molar-refractivity contribution in [1.29, 1.82) is 0 Å². The van der Waals surface area contributed by atoms with Crippen molar-refractivity contribution in [3.05, 3.63) is 28.7 Å². The third-order valence-corrected chi connectivity index (χ3v) is 3.28. The lowest BCUT2D eigenvalue weighted by Crippen LogP contribution is -2.01. The Hall–Kier alpha value is -1.23. The van der Waals surface area contributed by atoms with Gasteiger partial charge in [0.1, 0.15) is 6.33 Å². The summed E-state index contributed by atoms with van der Waals surface area (Å²) in [5.74, 6) is 1.30. The van der Waals surface area contributed by atoms with Crippen molar-refractivity contribution in [2.75, 3.05) is 0 Å². The van der Waals surface area contributed by atoms with Crippen LogP contribution in [0, 0.1) is 0 Å². The lowest BCUT2D eigenvalue weighted by molar-refractivity contribution is 0.632. The van der Waals surface area contributed by atoms with Gasteiger partial charge in [-0.1, -0.05) is 6.92 Å². The second-order valence-corrected chi connectivity index (χ2v) is 4.42. The first-order valence-corrected chi connectivity index (χ1v) is 5.95. The van der Waals surface area contributed by atoms with E-state index in [4.69, 9.17) is 0 Å². The molecule has 80 valence electrons. The Balaban J connectivity index is 2.02. The average Bonchev–Trinajstić information content (AvgIpc) is 2.87. The second kappa shape index (κ2) is 4.53. The Morgan fingerprint density at radius 3 is 2.93 bits per heavy atom. The first-order valence-electron chi connectivity index (χ1n) is 5.07. The zero-order valence-electron chi connectivity index (χ0n) is 8.92. The third-order valence-electron chi connectivity index (χ3n) is 2.27. The summed E-state index contributed by atoms with van der Waals surface area (Å²) in [7, 11) is 0. The highest BCUT2D eigenvalue weighted by Crippen LogP contribution is 2.20. The molecule has 0 N–H and O–H groups in total. The van der Waals surface area contributed by atoms with Crippen LogP contribution in [0.25, 0.3) is 0 Å². The standard InChI is InChI=1S/C10H14N4S/c1-3-14-7-12-9(13-14)6-8(2)10-11-4-5-15-10/h4-5,7-8H,3,6H2,1-2H3. The Morgan fingerprint density at radius 1 is 1.47 bits per heavy atom. The fourth-order valence-corrected chi connectivity index (χ4v) is 2.12. The van der Waals surface area contributed by atoms with E-state index in [9.17, 15) is 0 Å². The predicted molar refractivity (Wildman–Crippen MR) is 59.9 cm³/mol. The molecule has 2 aromatic rings. The van der Waals surface area contributed by atoms with Crippen LogP contribution in [-0.4, -0.2) is 19.7 Å². The summed E-state index contributed by atoms with van der Waals surface area (Å²) in [5, 5.41) is 7.52. The van der Waals surface area contributed by atoms with Crippen molar-refractivity contribution in [3.63, 3.8) is 0 Å². The van der Waals surface area contributed by atoms with Crippen LogP contribution in [0.5, 0.6) is 0 Å². The summed E-state index contributed by atoms with van der Waals surface area (Å²) in [6.45, 7) is 5.09. The van der Waals surface area contributed by atoms with Gasteiger partial charge in [0, 0.05) is 30.5 Å². The van der Waals surface area contributed by atoms with Gasteiger partial charge in [-0.15, -0.1) is 11.3 Å². The number of hydrogen-bond acceptors (Lipinski definition) is 4. The minimum Gasteiger partial charge on any atom is -0.253 e. The summed E-state index contributed by atoms with van der Waals surface area (Å²) in [6, 6.07) is 0. The lowest BCUT2D eigenvalue weighted by Gasteiger charge is -2.03. The molecule has 2 aromatic heterocycles. The monoisotopic (exact) mass is 222 g/mol. The molecule has 0 saturated carbocycles. The molecule has 4 nitrogen and oxygen atoms in total. The maximum absolute atomic E-state index is 4.36. The summed E-state index contributed by atoms with van der Waals surface area (Å²) in [6.07, 6.45) is 4.49. The van der Waals surface area contributed by atoms with E-state index < -0.39 is 0 Å². The molecule has 0 spiro atoms. The molecular formula is C10H14N4S. The Bertz CT molecular complexity index is 407. The van der Waals surface area contributed by atoms with Crippen LogP contribution in [0.3, 0.4) is 0 Å². The molecular weight excluding hydrogens is 208 g/mol. The molecule has 0 fully saturated rings. The molecule has 0 bridgehead atoms. The summed E-state index contributed by atoms with van der Waals surface area (Å²) >= 11 is 1.69. The number of aryl methyl sites for hydroxylation is 1. The molecule has 0 aliphatic heterocycles. The smallest absolute Gasteiger partial charge is 0.151 e. The van der Waals surface area contributed by atoms with Gasteiger partial charge < -0.3 is 0 Å². The molecule has 15 heavy (non-hydrogen) atoms. The van der Waals surface area contributed by atoms with E-state index in [-0.39, 0.29) is 0 Å². The Labute approximate surface area is 93.0 Å². The molecule has 0 aliphatic rings. The van der Waals surface area contributed by atoms with Gasteiger partial charge in [-0.25, -0.2) is 9.97 Å². The van der Waals surface area contributed by atoms with Gasteiger partial charge in [-0.2, -0.15) is 5.10 Å². The van der Waals surface area contributed by atoms with E-state index >= 15 is 0 Å². The van der Waals surface area contributed by atoms with E-state index in [0.29, 0.717) is 5.92 Å². The number of thiazole rings is 1. The van der Waals surface area contributed by atoms with Crippen molar-refractivity contribution in [2.45, 2.75) is 32.7 Å². The lowest BCUT2D eigenvalue weighted by atomic mass is 10.1. The highest BCUT2D eigenvalue weighted by Gasteiger charge is 2.11. The molecule has 5 heteroatoms. The fraction of sp³-hybridized carbons (Fsp3) is 0.500. The van der Waals surface area contributed by atoms with Gasteiger partial charge in [0.25, 0.3) is 0 Å². The van der Waals surface area contributed by atoms with Crippen LogP contribution in [0.1, 0.15) is 30.6 Å². The number of nitrogens with zero attached hydrogens (tertiary/aromatic N) is 4. The predicted octanol–water partition coefficient (Wildman–Crippen LogP) is 2.10. The van der Waals surface area contributed by atoms with Crippen LogP contribution in [-0.2, 0) is 13.0 Å². The van der Waals surface area contributed by atoms with E-state index in [2.05, 4.69) is 28.9 Å². The fourth-order valence-electron chi connectivity index (χ4n) is 1.42. The minimum absolute atomic E-state index is 0.401. The third kappa shape index (κ3) is 2.41. The van der Waals surface area contributed by atoms with Crippen molar-refractivity contribution >= 4 is 11.3 Å². The van der Waals surface area contributed by atoms with Crippen LogP contribution in [0.2, 0.25) is 0 Å². The van der Waals surface area contributed by atoms with Gasteiger partial charge in [-0.05, 0) is 6.92 Å². The highest BCUT2D eigenvalue weighted by atomic mass is 32.1. The number of aromatic nitrogens is 4. The summed E-state index contributed by atoms with van der Waals surface area (Å²) < 4.78 is 1.85. The zero-order valence-corrected chi connectivity index (χ0v) is 9.74. The number of rotatable bonds is 4. The average molecular weight is 222 g/mol. The molecule has 0 amide bonds. The van der Waals surface area contributed by atoms with E-state index in [1.807, 2.05) is 16.3 Å². The van der Waals surface area contributed by atoms with E-state index in [1.165, 1.54) is 0 Å². The van der Waals surface area contributed by atoms with Crippen molar-refractivity contribution in [2.24, 2.45) is 0 Å². The van der Waals surface area contributed by atoms with Crippen LogP contribution >= 0.6 is 11.3 Å². The molecule has 2 rings (SSSR count). The summed E-state index contributed by atoms with van der Waals surface area (Å²) in [5.41, 5.74) is 0. The summed E-state index contributed by atoms with van der Waals surface area (Å²) in [4.78, 5) is 8.56. The van der Waals surface area contributed by atoms with Gasteiger partial charge >= 0.3 is 0 Å². The minimum atomic E-state index is 0.401. The van der Waals surface area contributed by atoms with Gasteiger partial charge in [-0.3, -0.25) is 4.68 Å². The number of hydrogen-bond donors (Lipinski definition) is 0. The normalized spacial score (nSPS) is 12.9. The SMILES string of the molecule is CCn1cnc(CC(C)c2nccs2)n1. The van der Waals surface area contributed by atoms with Gasteiger partial charge in [0.05, 0.1) is 5.01 Å². The quantitative estimate of drug-likeness (QED) is 0.795. The van der Waals surface area contributed by atoms with Crippen molar-refractivity contribution < 1.29 is 0 Å². The molecule has 1 unspecified atom stereocenters. The largest absolute Gasteiger partial charge is 0.253 e. The topological polar surface area (TPSA) is 43.6 Å². The maximum atomic E-state index is 4.36. The van der Waals surface area contributed by atoms with Crippen LogP contribution < -0.4 is 0 Å². The van der Waals surface area contributed by atoms with Crippen molar-refractivity contribution in [3.8, 4) is 0 Å². The van der Waals surface area contributed by atoms with E-state index in [1.54, 1.807) is 17.7 Å². The van der Waals surface area contributed by atoms with Crippen LogP contribution in [0.4, 0.5) is 0 Å². The molecule has 0 saturated heterocycles. The maximum Gasteiger partial charge on any atom is 0.151 e.